The number of fused-ring (bicyclic) bond motifs is 1. The lowest BCUT2D eigenvalue weighted by Crippen LogP contribution is -2.42. The monoisotopic (exact) mass is 386 g/mol. The van der Waals surface area contributed by atoms with Crippen LogP contribution in [0.1, 0.15) is 37.6 Å². The molecule has 1 aromatic heterocycles. The molecule has 1 aromatic carbocycles. The summed E-state index contributed by atoms with van der Waals surface area (Å²) in [5, 5.41) is 6.93. The van der Waals surface area contributed by atoms with Crippen LogP contribution in [-0.4, -0.2) is 41.9 Å². The Hall–Kier alpha value is -3.03. The predicted molar refractivity (Wildman–Crippen MR) is 106 cm³/mol. The molecule has 2 amide bonds. The van der Waals surface area contributed by atoms with E-state index in [1.165, 1.54) is 11.8 Å². The molecule has 3 rings (SSSR count). The fourth-order valence-electron chi connectivity index (χ4n) is 3.14. The molecule has 0 fully saturated rings. The van der Waals surface area contributed by atoms with Gasteiger partial charge in [0, 0.05) is 31.5 Å². The van der Waals surface area contributed by atoms with Crippen LogP contribution in [0.5, 0.6) is 11.6 Å². The van der Waals surface area contributed by atoms with E-state index in [1.807, 2.05) is 20.8 Å². The first-order valence-electron chi connectivity index (χ1n) is 9.24. The number of carbonyl (C=O) groups is 2. The van der Waals surface area contributed by atoms with E-state index in [1.54, 1.807) is 36.3 Å². The normalized spacial score (nSPS) is 15.5. The zero-order valence-corrected chi connectivity index (χ0v) is 16.9. The highest BCUT2D eigenvalue weighted by molar-refractivity contribution is 6.06. The minimum atomic E-state index is -0.624. The van der Waals surface area contributed by atoms with Gasteiger partial charge in [-0.25, -0.2) is 0 Å². The van der Waals surface area contributed by atoms with Crippen molar-refractivity contribution < 1.29 is 19.1 Å². The summed E-state index contributed by atoms with van der Waals surface area (Å²) in [4.78, 5) is 27.3. The van der Waals surface area contributed by atoms with Crippen LogP contribution in [0.25, 0.3) is 0 Å². The summed E-state index contributed by atoms with van der Waals surface area (Å²) in [6.07, 6.45) is 2.43. The third kappa shape index (κ3) is 3.67. The molecule has 2 aromatic rings. The Bertz CT molecular complexity index is 904. The summed E-state index contributed by atoms with van der Waals surface area (Å²) in [6.45, 7) is 6.66. The molecule has 1 aliphatic rings. The van der Waals surface area contributed by atoms with Gasteiger partial charge in [-0.15, -0.1) is 5.10 Å². The van der Waals surface area contributed by atoms with Crippen LogP contribution in [0.2, 0.25) is 0 Å². The number of amides is 2. The topological polar surface area (TPSA) is 85.7 Å². The molecule has 1 N–H and O–H groups in total. The summed E-state index contributed by atoms with van der Waals surface area (Å²) in [5.41, 5.74) is 0.998. The average Bonchev–Trinajstić information content (AvgIpc) is 3.01. The Labute approximate surface area is 164 Å². The molecular weight excluding hydrogens is 360 g/mol. The summed E-state index contributed by atoms with van der Waals surface area (Å²) in [7, 11) is 3.19. The van der Waals surface area contributed by atoms with Crippen molar-refractivity contribution >= 4 is 23.2 Å². The lowest BCUT2D eigenvalue weighted by molar-refractivity contribution is -0.127. The van der Waals surface area contributed by atoms with Crippen LogP contribution in [0.4, 0.5) is 11.4 Å². The van der Waals surface area contributed by atoms with E-state index in [9.17, 15) is 9.59 Å². The highest BCUT2D eigenvalue weighted by Gasteiger charge is 2.37. The van der Waals surface area contributed by atoms with Crippen molar-refractivity contribution in [3.8, 4) is 11.6 Å². The van der Waals surface area contributed by atoms with Crippen molar-refractivity contribution in [3.05, 3.63) is 30.0 Å². The van der Waals surface area contributed by atoms with E-state index in [-0.39, 0.29) is 24.3 Å². The van der Waals surface area contributed by atoms with Gasteiger partial charge in [0.2, 0.25) is 11.8 Å². The third-order valence-electron chi connectivity index (χ3n) is 4.60. The van der Waals surface area contributed by atoms with Crippen molar-refractivity contribution in [1.82, 2.24) is 9.78 Å². The maximum absolute atomic E-state index is 12.9. The van der Waals surface area contributed by atoms with Crippen molar-refractivity contribution in [2.75, 3.05) is 30.5 Å². The van der Waals surface area contributed by atoms with Gasteiger partial charge in [0.25, 0.3) is 5.91 Å². The fraction of sp³-hybridized carbons (Fsp3) is 0.450. The molecule has 0 unspecified atom stereocenters. The summed E-state index contributed by atoms with van der Waals surface area (Å²) in [5.74, 6) is 0.529. The van der Waals surface area contributed by atoms with Crippen molar-refractivity contribution in [1.29, 1.82) is 0 Å². The Morgan fingerprint density at radius 2 is 2.14 bits per heavy atom. The second kappa shape index (κ2) is 7.53. The molecule has 8 heteroatoms. The second-order valence-corrected chi connectivity index (χ2v) is 7.49. The standard InChI is InChI=1S/C20H26N4O4/c1-6-9-24-15-8-7-13(10-16(15)28-12-20(2,3)19(24)26)21-17(25)14-11-23(4)22-18(14)27-5/h7-8,10-11H,6,9,12H2,1-5H3,(H,21,25). The van der Waals surface area contributed by atoms with Crippen LogP contribution in [-0.2, 0) is 11.8 Å². The summed E-state index contributed by atoms with van der Waals surface area (Å²) in [6, 6.07) is 5.31. The molecule has 8 nitrogen and oxygen atoms in total. The first kappa shape index (κ1) is 19.7. The summed E-state index contributed by atoms with van der Waals surface area (Å²) >= 11 is 0. The van der Waals surface area contributed by atoms with Crippen LogP contribution in [0, 0.1) is 5.41 Å². The van der Waals surface area contributed by atoms with Gasteiger partial charge in [-0.1, -0.05) is 6.92 Å². The van der Waals surface area contributed by atoms with E-state index >= 15 is 0 Å². The van der Waals surface area contributed by atoms with Crippen LogP contribution < -0.4 is 19.7 Å². The molecule has 0 bridgehead atoms. The zero-order chi connectivity index (χ0) is 20.5. The average molecular weight is 386 g/mol. The van der Waals surface area contributed by atoms with Gasteiger partial charge < -0.3 is 19.7 Å². The van der Waals surface area contributed by atoms with Crippen molar-refractivity contribution in [3.63, 3.8) is 0 Å². The molecule has 0 aliphatic carbocycles. The predicted octanol–water partition coefficient (Wildman–Crippen LogP) is 2.84. The van der Waals surface area contributed by atoms with Crippen LogP contribution in [0.15, 0.2) is 24.4 Å². The second-order valence-electron chi connectivity index (χ2n) is 7.49. The number of anilines is 2. The number of benzene rings is 1. The molecule has 28 heavy (non-hydrogen) atoms. The Balaban J connectivity index is 1.90. The van der Waals surface area contributed by atoms with Crippen molar-refractivity contribution in [2.24, 2.45) is 12.5 Å². The van der Waals surface area contributed by atoms with Gasteiger partial charge in [0.1, 0.15) is 17.9 Å². The minimum Gasteiger partial charge on any atom is -0.490 e. The van der Waals surface area contributed by atoms with Gasteiger partial charge in [-0.2, -0.15) is 0 Å². The number of rotatable bonds is 5. The fourth-order valence-corrected chi connectivity index (χ4v) is 3.14. The van der Waals surface area contributed by atoms with Crippen molar-refractivity contribution in [2.45, 2.75) is 27.2 Å². The first-order chi connectivity index (χ1) is 13.3. The van der Waals surface area contributed by atoms with Gasteiger partial charge in [-0.05, 0) is 32.4 Å². The minimum absolute atomic E-state index is 0.0324. The quantitative estimate of drug-likeness (QED) is 0.854. The van der Waals surface area contributed by atoms with Crippen LogP contribution >= 0.6 is 0 Å². The van der Waals surface area contributed by atoms with E-state index in [2.05, 4.69) is 10.4 Å². The molecular formula is C20H26N4O4. The van der Waals surface area contributed by atoms with E-state index in [0.29, 0.717) is 23.5 Å². The molecule has 0 saturated heterocycles. The highest BCUT2D eigenvalue weighted by Crippen LogP contribution is 2.38. The Morgan fingerprint density at radius 1 is 1.39 bits per heavy atom. The smallest absolute Gasteiger partial charge is 0.262 e. The zero-order valence-electron chi connectivity index (χ0n) is 16.9. The van der Waals surface area contributed by atoms with E-state index in [4.69, 9.17) is 9.47 Å². The van der Waals surface area contributed by atoms with Gasteiger partial charge >= 0.3 is 0 Å². The molecule has 0 spiro atoms. The number of carbonyl (C=O) groups excluding carboxylic acids is 2. The number of nitrogens with one attached hydrogen (secondary N) is 1. The highest BCUT2D eigenvalue weighted by atomic mass is 16.5. The lowest BCUT2D eigenvalue weighted by atomic mass is 9.93. The van der Waals surface area contributed by atoms with Gasteiger partial charge in [0.05, 0.1) is 18.2 Å². The number of nitrogens with zero attached hydrogens (tertiary/aromatic N) is 3. The number of ether oxygens (including phenoxy) is 2. The number of methoxy groups -OCH3 is 1. The lowest BCUT2D eigenvalue weighted by Gasteiger charge is -2.27. The SMILES string of the molecule is CCCN1C(=O)C(C)(C)COc2cc(NC(=O)c3cn(C)nc3OC)ccc21. The van der Waals surface area contributed by atoms with Gasteiger partial charge in [0.15, 0.2) is 0 Å². The molecule has 0 atom stereocenters. The molecule has 0 saturated carbocycles. The summed E-state index contributed by atoms with van der Waals surface area (Å²) < 4.78 is 12.6. The molecule has 1 aliphatic heterocycles. The van der Waals surface area contributed by atoms with E-state index < -0.39 is 5.41 Å². The number of aromatic nitrogens is 2. The van der Waals surface area contributed by atoms with Gasteiger partial charge in [-0.3, -0.25) is 14.3 Å². The number of hydrogen-bond donors (Lipinski definition) is 1. The van der Waals surface area contributed by atoms with E-state index in [0.717, 1.165) is 12.1 Å². The van der Waals surface area contributed by atoms with Crippen LogP contribution in [0.3, 0.4) is 0 Å². The third-order valence-corrected chi connectivity index (χ3v) is 4.60. The molecule has 0 radical (unpaired) electrons. The Morgan fingerprint density at radius 3 is 2.82 bits per heavy atom. The maximum atomic E-state index is 12.9. The number of aryl methyl sites for hydroxylation is 1. The first-order valence-corrected chi connectivity index (χ1v) is 9.24. The largest absolute Gasteiger partial charge is 0.490 e. The molecule has 2 heterocycles. The number of hydrogen-bond acceptors (Lipinski definition) is 5. The maximum Gasteiger partial charge on any atom is 0.262 e. The Kier molecular flexibility index (Phi) is 5.31. The molecule has 150 valence electrons.